The molecule has 5 nitrogen and oxygen atoms in total. The summed E-state index contributed by atoms with van der Waals surface area (Å²) in [5.74, 6) is -1.40. The van der Waals surface area contributed by atoms with Crippen molar-refractivity contribution < 1.29 is 27.8 Å². The molecule has 1 rings (SSSR count). The van der Waals surface area contributed by atoms with Gasteiger partial charge in [0, 0.05) is 11.8 Å². The molecule has 1 aromatic rings. The number of allylic oxidation sites excluding steroid dienone is 1. The molecule has 138 valence electrons. The molecule has 0 aliphatic rings. The highest BCUT2D eigenvalue weighted by Gasteiger charge is 2.31. The van der Waals surface area contributed by atoms with Gasteiger partial charge in [-0.3, -0.25) is 4.99 Å². The highest BCUT2D eigenvalue weighted by Crippen LogP contribution is 2.28. The van der Waals surface area contributed by atoms with Crippen molar-refractivity contribution in [3.8, 4) is 5.75 Å². The van der Waals surface area contributed by atoms with Crippen molar-refractivity contribution in [3.63, 3.8) is 0 Å². The molecule has 0 saturated heterocycles. The van der Waals surface area contributed by atoms with E-state index in [0.29, 0.717) is 31.4 Å². The molecule has 1 aromatic carbocycles. The van der Waals surface area contributed by atoms with Crippen LogP contribution >= 0.6 is 0 Å². The van der Waals surface area contributed by atoms with Gasteiger partial charge in [-0.25, -0.2) is 4.79 Å². The number of benzene rings is 1. The van der Waals surface area contributed by atoms with Crippen LogP contribution in [0.4, 0.5) is 13.2 Å². The van der Waals surface area contributed by atoms with Gasteiger partial charge in [-0.1, -0.05) is 25.1 Å². The summed E-state index contributed by atoms with van der Waals surface area (Å²) in [6, 6.07) is 4.78. The first-order chi connectivity index (χ1) is 11.8. The average Bonchev–Trinajstić information content (AvgIpc) is 2.53. The van der Waals surface area contributed by atoms with Crippen molar-refractivity contribution in [2.45, 2.75) is 38.6 Å². The molecule has 8 heteroatoms. The maximum absolute atomic E-state index is 12.5. The van der Waals surface area contributed by atoms with Crippen LogP contribution in [0.5, 0.6) is 5.75 Å². The van der Waals surface area contributed by atoms with Gasteiger partial charge in [0.2, 0.25) is 0 Å². The van der Waals surface area contributed by atoms with Gasteiger partial charge in [-0.2, -0.15) is 0 Å². The maximum Gasteiger partial charge on any atom is 0.573 e. The fourth-order valence-corrected chi connectivity index (χ4v) is 2.01. The number of alkyl halides is 3. The second kappa shape index (κ2) is 9.83. The molecule has 0 heterocycles. The lowest BCUT2D eigenvalue weighted by Crippen LogP contribution is -2.19. The molecule has 0 radical (unpaired) electrons. The number of nitrogens with zero attached hydrogens (tertiary/aromatic N) is 1. The molecule has 3 N–H and O–H groups in total. The molecule has 0 saturated carbocycles. The Balaban J connectivity index is 3.03. The van der Waals surface area contributed by atoms with Crippen LogP contribution in [-0.2, 0) is 4.79 Å². The van der Waals surface area contributed by atoms with Gasteiger partial charge < -0.3 is 15.6 Å². The largest absolute Gasteiger partial charge is 0.573 e. The third kappa shape index (κ3) is 7.84. The number of ether oxygens (including phenoxy) is 1. The lowest BCUT2D eigenvalue weighted by Gasteiger charge is -2.12. The lowest BCUT2D eigenvalue weighted by atomic mass is 10.1. The Kier molecular flexibility index (Phi) is 8.13. The summed E-state index contributed by atoms with van der Waals surface area (Å²) in [4.78, 5) is 15.2. The van der Waals surface area contributed by atoms with E-state index < -0.39 is 18.4 Å². The van der Waals surface area contributed by atoms with Gasteiger partial charge in [0.25, 0.3) is 0 Å². The second-order valence-electron chi connectivity index (χ2n) is 5.22. The first-order valence-corrected chi connectivity index (χ1v) is 7.78. The van der Waals surface area contributed by atoms with Crippen LogP contribution in [0.2, 0.25) is 0 Å². The Morgan fingerprint density at radius 1 is 1.40 bits per heavy atom. The first kappa shape index (κ1) is 20.7. The van der Waals surface area contributed by atoms with Gasteiger partial charge in [0.15, 0.2) is 0 Å². The molecule has 0 aromatic heterocycles. The molecule has 0 aliphatic carbocycles. The number of carboxylic acids is 1. The van der Waals surface area contributed by atoms with Crippen LogP contribution in [0.3, 0.4) is 0 Å². The van der Waals surface area contributed by atoms with Crippen LogP contribution in [0.15, 0.2) is 34.8 Å². The van der Waals surface area contributed by atoms with Gasteiger partial charge >= 0.3 is 12.3 Å². The van der Waals surface area contributed by atoms with E-state index in [4.69, 9.17) is 10.8 Å². The number of carbonyl (C=O) groups is 1. The quantitative estimate of drug-likeness (QED) is 0.660. The molecule has 0 unspecified atom stereocenters. The number of hydrogen-bond acceptors (Lipinski definition) is 4. The Labute approximate surface area is 144 Å². The Bertz CT molecular complexity index is 628. The Morgan fingerprint density at radius 3 is 2.64 bits per heavy atom. The van der Waals surface area contributed by atoms with Gasteiger partial charge in [-0.15, -0.1) is 13.2 Å². The predicted octanol–water partition coefficient (Wildman–Crippen LogP) is 3.64. The third-order valence-electron chi connectivity index (χ3n) is 3.28. The minimum absolute atomic E-state index is 0.233. The fraction of sp³-hybridized carbons (Fsp3) is 0.412. The summed E-state index contributed by atoms with van der Waals surface area (Å²) >= 11 is 0. The number of hydrogen-bond donors (Lipinski definition) is 2. The summed E-state index contributed by atoms with van der Waals surface area (Å²) < 4.78 is 41.4. The van der Waals surface area contributed by atoms with E-state index in [2.05, 4.69) is 9.73 Å². The fourth-order valence-electron chi connectivity index (χ4n) is 2.01. The van der Waals surface area contributed by atoms with Crippen molar-refractivity contribution in [2.75, 3.05) is 6.54 Å². The highest BCUT2D eigenvalue weighted by molar-refractivity contribution is 5.88. The maximum atomic E-state index is 12.5. The number of aliphatic carboxylic acids is 1. The minimum atomic E-state index is -4.79. The van der Waals surface area contributed by atoms with Gasteiger partial charge in [-0.05, 0) is 43.5 Å². The number of nitrogens with two attached hydrogens (primary N) is 1. The van der Waals surface area contributed by atoms with Crippen LogP contribution in [0, 0.1) is 0 Å². The van der Waals surface area contributed by atoms with Crippen molar-refractivity contribution in [2.24, 2.45) is 10.7 Å². The zero-order chi connectivity index (χ0) is 18.9. The zero-order valence-corrected chi connectivity index (χ0v) is 13.8. The van der Waals surface area contributed by atoms with Crippen molar-refractivity contribution in [3.05, 3.63) is 35.4 Å². The third-order valence-corrected chi connectivity index (χ3v) is 3.28. The van der Waals surface area contributed by atoms with E-state index >= 15 is 0 Å². The average molecular weight is 358 g/mol. The molecular formula is C17H21F3N2O3. The van der Waals surface area contributed by atoms with E-state index in [1.807, 2.05) is 0 Å². The molecule has 0 bridgehead atoms. The van der Waals surface area contributed by atoms with Gasteiger partial charge in [0.1, 0.15) is 11.8 Å². The summed E-state index contributed by atoms with van der Waals surface area (Å²) in [5, 5.41) is 9.13. The normalized spacial score (nSPS) is 13.9. The molecule has 0 amide bonds. The minimum Gasteiger partial charge on any atom is -0.480 e. The van der Waals surface area contributed by atoms with E-state index in [1.165, 1.54) is 30.5 Å². The Morgan fingerprint density at radius 2 is 2.08 bits per heavy atom. The summed E-state index contributed by atoms with van der Waals surface area (Å²) in [5.41, 5.74) is 6.18. The zero-order valence-electron chi connectivity index (χ0n) is 13.8. The molecule has 0 fully saturated rings. The topological polar surface area (TPSA) is 84.9 Å². The number of aliphatic imine (C=N–C) groups is 1. The number of para-hydroxylation sites is 1. The first-order valence-electron chi connectivity index (χ1n) is 7.78. The molecule has 0 spiro atoms. The van der Waals surface area contributed by atoms with E-state index in [-0.39, 0.29) is 11.3 Å². The van der Waals surface area contributed by atoms with Gasteiger partial charge in [0.05, 0.1) is 0 Å². The second-order valence-corrected chi connectivity index (χ2v) is 5.22. The van der Waals surface area contributed by atoms with Crippen LogP contribution in [0.1, 0.15) is 31.7 Å². The molecule has 25 heavy (non-hydrogen) atoms. The van der Waals surface area contributed by atoms with E-state index in [1.54, 1.807) is 13.0 Å². The highest BCUT2D eigenvalue weighted by atomic mass is 19.4. The number of halogens is 3. The van der Waals surface area contributed by atoms with E-state index in [0.717, 1.165) is 0 Å². The number of rotatable bonds is 9. The summed E-state index contributed by atoms with van der Waals surface area (Å²) in [6.07, 6.45) is -0.644. The molecular weight excluding hydrogens is 337 g/mol. The summed E-state index contributed by atoms with van der Waals surface area (Å²) in [7, 11) is 0. The predicted molar refractivity (Wildman–Crippen MR) is 89.6 cm³/mol. The van der Waals surface area contributed by atoms with Crippen molar-refractivity contribution in [1.29, 1.82) is 0 Å². The molecule has 0 aliphatic heterocycles. The molecule has 1 atom stereocenters. The SMILES string of the molecule is CC/C(C=N[C@@H](CCCN)C(=O)O)=C\c1ccccc1OC(F)(F)F. The summed E-state index contributed by atoms with van der Waals surface area (Å²) in [6.45, 7) is 2.15. The smallest absolute Gasteiger partial charge is 0.480 e. The lowest BCUT2D eigenvalue weighted by molar-refractivity contribution is -0.274. The number of carboxylic acid groups (broad SMARTS) is 1. The van der Waals surface area contributed by atoms with Crippen LogP contribution in [-0.4, -0.2) is 36.2 Å². The van der Waals surface area contributed by atoms with Crippen LogP contribution in [0.25, 0.3) is 6.08 Å². The monoisotopic (exact) mass is 358 g/mol. The van der Waals surface area contributed by atoms with E-state index in [9.17, 15) is 18.0 Å². The van der Waals surface area contributed by atoms with Crippen molar-refractivity contribution in [1.82, 2.24) is 0 Å². The van der Waals surface area contributed by atoms with Crippen molar-refractivity contribution >= 4 is 18.3 Å². The van der Waals surface area contributed by atoms with Crippen LogP contribution < -0.4 is 10.5 Å². The Hall–Kier alpha value is -2.35. The standard InChI is InChI=1S/C17H21F3N2O3/c1-2-12(11-22-14(16(23)24)7-5-9-21)10-13-6-3-4-8-15(13)25-17(18,19)20/h3-4,6,8,10-11,14H,2,5,7,9,21H2,1H3,(H,23,24)/b12-10+,22-11?/t14-/m0/s1.